The number of hydrogen-bond acceptors (Lipinski definition) is 4. The van der Waals surface area contributed by atoms with E-state index in [0.29, 0.717) is 16.3 Å². The van der Waals surface area contributed by atoms with Gasteiger partial charge in [0.05, 0.1) is 15.2 Å². The zero-order valence-electron chi connectivity index (χ0n) is 16.3. The molecule has 0 atom stereocenters. The minimum Gasteiger partial charge on any atom is -0.332 e. The second-order valence-corrected chi connectivity index (χ2v) is 8.73. The Morgan fingerprint density at radius 1 is 1.03 bits per heavy atom. The molecule has 0 spiro atoms. The number of fused-ring (bicyclic) bond motifs is 1. The Morgan fingerprint density at radius 2 is 1.83 bits per heavy atom. The molecule has 1 heterocycles. The minimum absolute atomic E-state index is 0.210. The first kappa shape index (κ1) is 20.5. The van der Waals surface area contributed by atoms with Crippen LogP contribution in [0.1, 0.15) is 21.5 Å². The van der Waals surface area contributed by atoms with Gasteiger partial charge in [0.1, 0.15) is 5.01 Å². The molecule has 0 aliphatic heterocycles. The lowest BCUT2D eigenvalue weighted by atomic mass is 10.1. The monoisotopic (exact) mass is 451 g/mol. The zero-order valence-corrected chi connectivity index (χ0v) is 18.7. The Hall–Kier alpha value is -2.80. The first-order valence-corrected chi connectivity index (χ1v) is 10.9. The summed E-state index contributed by atoms with van der Waals surface area (Å²) in [5.41, 5.74) is 5.25. The van der Waals surface area contributed by atoms with Crippen molar-refractivity contribution in [3.63, 3.8) is 0 Å². The maximum Gasteiger partial charge on any atom is 0.257 e. The molecule has 2 N–H and O–H groups in total. The number of nitrogens with one attached hydrogen (secondary N) is 2. The van der Waals surface area contributed by atoms with E-state index in [9.17, 15) is 4.79 Å². The molecule has 0 saturated heterocycles. The van der Waals surface area contributed by atoms with Gasteiger partial charge in [-0.3, -0.25) is 10.1 Å². The summed E-state index contributed by atoms with van der Waals surface area (Å²) in [4.78, 5) is 17.1. The van der Waals surface area contributed by atoms with E-state index in [2.05, 4.69) is 15.6 Å². The third-order valence-electron chi connectivity index (χ3n) is 4.75. The van der Waals surface area contributed by atoms with Crippen LogP contribution in [0.5, 0.6) is 0 Å². The highest BCUT2D eigenvalue weighted by atomic mass is 35.5. The maximum absolute atomic E-state index is 12.4. The van der Waals surface area contributed by atoms with Crippen molar-refractivity contribution in [3.8, 4) is 10.6 Å². The molecule has 150 valence electrons. The van der Waals surface area contributed by atoms with E-state index in [1.54, 1.807) is 23.5 Å². The molecule has 0 radical (unpaired) electrons. The molecule has 0 fully saturated rings. The van der Waals surface area contributed by atoms with Gasteiger partial charge in [-0.2, -0.15) is 0 Å². The second-order valence-electron chi connectivity index (χ2n) is 6.89. The molecule has 3 aromatic carbocycles. The Kier molecular flexibility index (Phi) is 5.81. The average molecular weight is 452 g/mol. The molecule has 0 saturated carbocycles. The fourth-order valence-corrected chi connectivity index (χ4v) is 4.52. The number of carbonyl (C=O) groups excluding carboxylic acids is 1. The number of aryl methyl sites for hydroxylation is 2. The number of amides is 1. The molecular formula is C23H18ClN3OS2. The van der Waals surface area contributed by atoms with Crippen LogP contribution in [-0.2, 0) is 0 Å². The molecular weight excluding hydrogens is 434 g/mol. The summed E-state index contributed by atoms with van der Waals surface area (Å²) < 4.78 is 1.11. The third kappa shape index (κ3) is 4.36. The smallest absolute Gasteiger partial charge is 0.257 e. The molecule has 1 aromatic heterocycles. The predicted octanol–water partition coefficient (Wildman–Crippen LogP) is 6.36. The van der Waals surface area contributed by atoms with Crippen molar-refractivity contribution in [1.29, 1.82) is 0 Å². The van der Waals surface area contributed by atoms with Gasteiger partial charge in [0.15, 0.2) is 5.11 Å². The summed E-state index contributed by atoms with van der Waals surface area (Å²) in [5.74, 6) is -0.257. The lowest BCUT2D eigenvalue weighted by molar-refractivity contribution is 0.0977. The van der Waals surface area contributed by atoms with Crippen molar-refractivity contribution in [2.45, 2.75) is 13.8 Å². The molecule has 0 aliphatic rings. The van der Waals surface area contributed by atoms with E-state index in [4.69, 9.17) is 23.8 Å². The van der Waals surface area contributed by atoms with Gasteiger partial charge in [-0.25, -0.2) is 4.98 Å². The Balaban J connectivity index is 1.47. The van der Waals surface area contributed by atoms with Crippen LogP contribution in [0.4, 0.5) is 5.69 Å². The van der Waals surface area contributed by atoms with Gasteiger partial charge in [-0.15, -0.1) is 11.3 Å². The van der Waals surface area contributed by atoms with Gasteiger partial charge in [0, 0.05) is 16.8 Å². The van der Waals surface area contributed by atoms with E-state index < -0.39 is 0 Å². The Labute approximate surface area is 188 Å². The number of aromatic nitrogens is 1. The lowest BCUT2D eigenvalue weighted by Gasteiger charge is -2.11. The van der Waals surface area contributed by atoms with Crippen molar-refractivity contribution in [2.24, 2.45) is 0 Å². The van der Waals surface area contributed by atoms with Crippen LogP contribution in [-0.4, -0.2) is 16.0 Å². The molecule has 0 unspecified atom stereocenters. The van der Waals surface area contributed by atoms with E-state index in [0.717, 1.165) is 31.9 Å². The Morgan fingerprint density at radius 3 is 2.57 bits per heavy atom. The highest BCUT2D eigenvalue weighted by Gasteiger charge is 2.12. The molecule has 4 rings (SSSR count). The van der Waals surface area contributed by atoms with Crippen LogP contribution < -0.4 is 10.6 Å². The number of para-hydroxylation sites is 1. The molecule has 1 amide bonds. The number of hydrogen-bond donors (Lipinski definition) is 2. The van der Waals surface area contributed by atoms with Crippen molar-refractivity contribution in [2.75, 3.05) is 5.32 Å². The van der Waals surface area contributed by atoms with Crippen molar-refractivity contribution in [3.05, 3.63) is 82.4 Å². The number of thiocarbonyl (C=S) groups is 1. The Bertz CT molecular complexity index is 1250. The first-order chi connectivity index (χ1) is 14.4. The molecule has 4 aromatic rings. The van der Waals surface area contributed by atoms with Gasteiger partial charge in [0.2, 0.25) is 0 Å². The van der Waals surface area contributed by atoms with E-state index >= 15 is 0 Å². The summed E-state index contributed by atoms with van der Waals surface area (Å²) in [6.45, 7) is 3.97. The summed E-state index contributed by atoms with van der Waals surface area (Å²) in [7, 11) is 0. The summed E-state index contributed by atoms with van der Waals surface area (Å²) in [6.07, 6.45) is 0. The predicted molar refractivity (Wildman–Crippen MR) is 130 cm³/mol. The van der Waals surface area contributed by atoms with Crippen LogP contribution >= 0.6 is 35.2 Å². The third-order valence-corrected chi connectivity index (χ3v) is 6.33. The number of halogens is 1. The van der Waals surface area contributed by atoms with Crippen LogP contribution in [0.15, 0.2) is 60.7 Å². The maximum atomic E-state index is 12.4. The molecule has 30 heavy (non-hydrogen) atoms. The van der Waals surface area contributed by atoms with Crippen LogP contribution in [0.25, 0.3) is 20.8 Å². The second kappa shape index (κ2) is 8.52. The zero-order chi connectivity index (χ0) is 21.3. The van der Waals surface area contributed by atoms with E-state index in [1.165, 1.54) is 0 Å². The topological polar surface area (TPSA) is 54.0 Å². The van der Waals surface area contributed by atoms with Gasteiger partial charge < -0.3 is 5.32 Å². The lowest BCUT2D eigenvalue weighted by Crippen LogP contribution is -2.34. The van der Waals surface area contributed by atoms with Gasteiger partial charge in [-0.1, -0.05) is 29.8 Å². The number of carbonyl (C=O) groups is 1. The highest BCUT2D eigenvalue weighted by molar-refractivity contribution is 7.80. The molecule has 0 bridgehead atoms. The first-order valence-electron chi connectivity index (χ1n) is 9.26. The number of anilines is 1. The summed E-state index contributed by atoms with van der Waals surface area (Å²) >= 11 is 13.4. The van der Waals surface area contributed by atoms with Crippen molar-refractivity contribution in [1.82, 2.24) is 10.3 Å². The fraction of sp³-hybridized carbons (Fsp3) is 0.0870. The van der Waals surface area contributed by atoms with Gasteiger partial charge >= 0.3 is 0 Å². The fourth-order valence-electron chi connectivity index (χ4n) is 2.97. The average Bonchev–Trinajstić information content (AvgIpc) is 3.13. The molecule has 7 heteroatoms. The van der Waals surface area contributed by atoms with Crippen molar-refractivity contribution < 1.29 is 4.79 Å². The largest absolute Gasteiger partial charge is 0.332 e. The van der Waals surface area contributed by atoms with Crippen LogP contribution in [0.2, 0.25) is 5.02 Å². The van der Waals surface area contributed by atoms with Crippen molar-refractivity contribution >= 4 is 62.1 Å². The summed E-state index contributed by atoms with van der Waals surface area (Å²) in [6, 6.07) is 19.1. The number of thiazole rings is 1. The molecule has 0 aliphatic carbocycles. The van der Waals surface area contributed by atoms with E-state index in [1.807, 2.05) is 62.4 Å². The van der Waals surface area contributed by atoms with Crippen LogP contribution in [0, 0.1) is 13.8 Å². The quantitative estimate of drug-likeness (QED) is 0.356. The number of benzene rings is 3. The minimum atomic E-state index is -0.257. The SMILES string of the molecule is Cc1ccc(C(=O)NC(=S)Nc2ccc(-c3nc4ccccc4s3)c(Cl)c2)cc1C. The number of rotatable bonds is 3. The number of nitrogens with zero attached hydrogens (tertiary/aromatic N) is 1. The van der Waals surface area contributed by atoms with Gasteiger partial charge in [-0.05, 0) is 79.7 Å². The van der Waals surface area contributed by atoms with Crippen LogP contribution in [0.3, 0.4) is 0 Å². The standard InChI is InChI=1S/C23H18ClN3OS2/c1-13-7-8-15(11-14(13)2)21(28)27-23(29)25-16-9-10-17(18(24)12-16)22-26-19-5-3-4-6-20(19)30-22/h3-12H,1-2H3,(H2,25,27,28,29). The van der Waals surface area contributed by atoms with E-state index in [-0.39, 0.29) is 11.0 Å². The summed E-state index contributed by atoms with van der Waals surface area (Å²) in [5, 5.41) is 7.34. The van der Waals surface area contributed by atoms with Gasteiger partial charge in [0.25, 0.3) is 5.91 Å². The normalized spacial score (nSPS) is 10.8. The highest BCUT2D eigenvalue weighted by Crippen LogP contribution is 2.35. The molecule has 4 nitrogen and oxygen atoms in total.